The maximum Gasteiger partial charge on any atom is 0.362 e. The van der Waals surface area contributed by atoms with Gasteiger partial charge in [-0.25, -0.2) is 14.2 Å². The van der Waals surface area contributed by atoms with Crippen molar-refractivity contribution in [1.29, 1.82) is 0 Å². The maximum absolute atomic E-state index is 12.7. The number of hydrogen-bond donors (Lipinski definition) is 5. The highest BCUT2D eigenvalue weighted by Crippen LogP contribution is 2.30. The number of rotatable bonds is 7. The van der Waals surface area contributed by atoms with Gasteiger partial charge in [0, 0.05) is 24.3 Å². The first-order chi connectivity index (χ1) is 20.3. The third-order valence-corrected chi connectivity index (χ3v) is 6.92. The molecule has 216 valence electrons. The van der Waals surface area contributed by atoms with Gasteiger partial charge in [-0.3, -0.25) is 9.78 Å². The summed E-state index contributed by atoms with van der Waals surface area (Å²) in [5.41, 5.74) is 6.20. The Balaban J connectivity index is 1.11. The predicted octanol–water partition coefficient (Wildman–Crippen LogP) is 0.500. The fraction of sp³-hybridized carbons (Fsp3) is 0.333. The molecule has 15 nitrogen and oxygen atoms in total. The van der Waals surface area contributed by atoms with Gasteiger partial charge < -0.3 is 30.2 Å². The molecular formula is C27H26N8O7. The van der Waals surface area contributed by atoms with Gasteiger partial charge in [0.05, 0.1) is 24.6 Å². The molecule has 1 aromatic carbocycles. The Morgan fingerprint density at radius 2 is 2.07 bits per heavy atom. The highest BCUT2D eigenvalue weighted by Gasteiger charge is 2.36. The SMILES string of the molecule is Nc1nc2c(c(C#CCCCCc3cn(-c4cc5ccc(O)cc5oc4=O)nn3)nn2[C@H]2C[C@H](O)[C@@H](CO)O2)c(=O)[nH]1. The summed E-state index contributed by atoms with van der Waals surface area (Å²) in [7, 11) is 0. The van der Waals surface area contributed by atoms with E-state index in [2.05, 4.69) is 37.2 Å². The number of aryl methyl sites for hydroxylation is 1. The molecule has 0 aliphatic carbocycles. The lowest BCUT2D eigenvalue weighted by Gasteiger charge is -2.12. The Kier molecular flexibility index (Phi) is 7.17. The van der Waals surface area contributed by atoms with Crippen LogP contribution >= 0.6 is 0 Å². The molecule has 1 aliphatic heterocycles. The fourth-order valence-corrected chi connectivity index (χ4v) is 4.82. The average Bonchev–Trinajstić information content (AvgIpc) is 3.67. The second kappa shape index (κ2) is 11.1. The van der Waals surface area contributed by atoms with Crippen molar-refractivity contribution in [3.05, 3.63) is 62.6 Å². The van der Waals surface area contributed by atoms with Crippen molar-refractivity contribution >= 4 is 28.0 Å². The highest BCUT2D eigenvalue weighted by atomic mass is 16.5. The fourth-order valence-electron chi connectivity index (χ4n) is 4.82. The van der Waals surface area contributed by atoms with Crippen LogP contribution in [-0.2, 0) is 11.2 Å². The average molecular weight is 575 g/mol. The number of aromatic amines is 1. The van der Waals surface area contributed by atoms with Crippen LogP contribution in [0, 0.1) is 11.8 Å². The van der Waals surface area contributed by atoms with Crippen LogP contribution in [0.3, 0.4) is 0 Å². The van der Waals surface area contributed by atoms with E-state index in [4.69, 9.17) is 14.9 Å². The first kappa shape index (κ1) is 27.1. The molecule has 0 spiro atoms. The van der Waals surface area contributed by atoms with E-state index in [1.165, 1.54) is 21.5 Å². The zero-order valence-corrected chi connectivity index (χ0v) is 22.1. The monoisotopic (exact) mass is 574 g/mol. The molecule has 0 radical (unpaired) electrons. The van der Waals surface area contributed by atoms with Crippen LogP contribution < -0.4 is 16.9 Å². The largest absolute Gasteiger partial charge is 0.508 e. The van der Waals surface area contributed by atoms with E-state index in [1.807, 2.05) is 0 Å². The molecule has 0 unspecified atom stereocenters. The van der Waals surface area contributed by atoms with Crippen LogP contribution in [0.2, 0.25) is 0 Å². The van der Waals surface area contributed by atoms with Gasteiger partial charge >= 0.3 is 5.63 Å². The molecule has 4 aromatic heterocycles. The van der Waals surface area contributed by atoms with Gasteiger partial charge in [0.15, 0.2) is 23.3 Å². The molecule has 5 aromatic rings. The molecule has 1 saturated heterocycles. The maximum atomic E-state index is 12.7. The number of fused-ring (bicyclic) bond motifs is 2. The van der Waals surface area contributed by atoms with Gasteiger partial charge in [0.1, 0.15) is 22.8 Å². The molecule has 1 aliphatic rings. The quantitative estimate of drug-likeness (QED) is 0.102. The Labute approximate surface area is 236 Å². The molecule has 0 saturated carbocycles. The molecule has 0 amide bonds. The summed E-state index contributed by atoms with van der Waals surface area (Å²) in [6, 6.07) is 6.15. The Morgan fingerprint density at radius 1 is 1.21 bits per heavy atom. The Hall–Kier alpha value is -5.04. The summed E-state index contributed by atoms with van der Waals surface area (Å²) in [6.45, 7) is -0.360. The number of phenols is 1. The zero-order valence-electron chi connectivity index (χ0n) is 22.1. The van der Waals surface area contributed by atoms with E-state index in [0.717, 1.165) is 12.8 Å². The standard InChI is InChI=1S/C27H26N8O7/c28-27-29-24-23(25(39)30-27)17(32-35(24)22-11-19(38)21(13-36)41-22)6-4-2-1-3-5-15-12-34(33-31-15)18-9-14-7-8-16(37)10-20(14)42-26(18)40/h7-10,12,19,21-22,36-38H,1-3,5,11,13H2,(H3,28,29,30,39)/t19-,21+,22+/m0/s1. The number of nitrogens with zero attached hydrogens (tertiary/aromatic N) is 6. The number of ether oxygens (including phenoxy) is 1. The van der Waals surface area contributed by atoms with Crippen molar-refractivity contribution in [2.75, 3.05) is 12.3 Å². The first-order valence-corrected chi connectivity index (χ1v) is 13.2. The first-order valence-electron chi connectivity index (χ1n) is 13.2. The summed E-state index contributed by atoms with van der Waals surface area (Å²) in [4.78, 5) is 31.7. The number of nitrogens with one attached hydrogen (secondary N) is 1. The third kappa shape index (κ3) is 5.21. The van der Waals surface area contributed by atoms with E-state index < -0.39 is 29.6 Å². The van der Waals surface area contributed by atoms with Crippen LogP contribution in [0.5, 0.6) is 5.75 Å². The zero-order chi connectivity index (χ0) is 29.4. The number of aliphatic hydroxyl groups is 2. The van der Waals surface area contributed by atoms with E-state index in [-0.39, 0.29) is 52.7 Å². The lowest BCUT2D eigenvalue weighted by atomic mass is 10.1. The molecule has 6 rings (SSSR count). The topological polar surface area (TPSA) is 220 Å². The highest BCUT2D eigenvalue weighted by molar-refractivity contribution is 5.81. The van der Waals surface area contributed by atoms with Gasteiger partial charge in [-0.1, -0.05) is 11.1 Å². The molecular weight excluding hydrogens is 548 g/mol. The van der Waals surface area contributed by atoms with Crippen molar-refractivity contribution < 1.29 is 24.5 Å². The van der Waals surface area contributed by atoms with Crippen LogP contribution in [0.1, 0.15) is 43.3 Å². The van der Waals surface area contributed by atoms with Crippen molar-refractivity contribution in [2.24, 2.45) is 0 Å². The number of H-pyrrole nitrogens is 1. The Morgan fingerprint density at radius 3 is 2.88 bits per heavy atom. The number of aromatic hydroxyl groups is 1. The Bertz CT molecular complexity index is 1960. The molecule has 42 heavy (non-hydrogen) atoms. The minimum atomic E-state index is -0.893. The number of benzene rings is 1. The lowest BCUT2D eigenvalue weighted by molar-refractivity contribution is -0.0470. The minimum Gasteiger partial charge on any atom is -0.508 e. The van der Waals surface area contributed by atoms with Crippen LogP contribution in [0.25, 0.3) is 27.7 Å². The third-order valence-electron chi connectivity index (χ3n) is 6.92. The molecule has 1 fully saturated rings. The molecule has 6 N–H and O–H groups in total. The number of nitrogens with two attached hydrogens (primary N) is 1. The number of nitrogen functional groups attached to an aromatic ring is 1. The normalized spacial score (nSPS) is 18.5. The molecule has 15 heteroatoms. The molecule has 3 atom stereocenters. The predicted molar refractivity (Wildman–Crippen MR) is 148 cm³/mol. The number of hydrogen-bond acceptors (Lipinski definition) is 12. The summed E-state index contributed by atoms with van der Waals surface area (Å²) in [5.74, 6) is 5.88. The number of anilines is 1. The van der Waals surface area contributed by atoms with Crippen LogP contribution in [-0.4, -0.2) is 68.9 Å². The van der Waals surface area contributed by atoms with E-state index in [0.29, 0.717) is 23.9 Å². The lowest BCUT2D eigenvalue weighted by Crippen LogP contribution is -2.24. The minimum absolute atomic E-state index is 0.00125. The van der Waals surface area contributed by atoms with Crippen molar-refractivity contribution in [3.63, 3.8) is 0 Å². The summed E-state index contributed by atoms with van der Waals surface area (Å²) < 4.78 is 13.7. The van der Waals surface area contributed by atoms with Gasteiger partial charge in [0.2, 0.25) is 5.95 Å². The molecule has 0 bridgehead atoms. The second-order valence-electron chi connectivity index (χ2n) is 9.86. The number of phenolic OH excluding ortho intramolecular Hbond substituents is 1. The van der Waals surface area contributed by atoms with Gasteiger partial charge in [-0.05, 0) is 43.4 Å². The van der Waals surface area contributed by atoms with Gasteiger partial charge in [-0.15, -0.1) is 5.10 Å². The summed E-state index contributed by atoms with van der Waals surface area (Å²) in [5, 5.41) is 42.6. The summed E-state index contributed by atoms with van der Waals surface area (Å²) >= 11 is 0. The summed E-state index contributed by atoms with van der Waals surface area (Å²) in [6.07, 6.45) is 1.98. The number of aromatic nitrogens is 7. The van der Waals surface area contributed by atoms with E-state index in [9.17, 15) is 24.9 Å². The van der Waals surface area contributed by atoms with Gasteiger partial charge in [-0.2, -0.15) is 10.1 Å². The molecule has 5 heterocycles. The van der Waals surface area contributed by atoms with Gasteiger partial charge in [0.25, 0.3) is 5.56 Å². The smallest absolute Gasteiger partial charge is 0.362 e. The second-order valence-corrected chi connectivity index (χ2v) is 9.86. The number of aliphatic hydroxyl groups excluding tert-OH is 2. The van der Waals surface area contributed by atoms with Crippen molar-refractivity contribution in [3.8, 4) is 23.3 Å². The van der Waals surface area contributed by atoms with Crippen molar-refractivity contribution in [1.82, 2.24) is 34.7 Å². The van der Waals surface area contributed by atoms with Crippen molar-refractivity contribution in [2.45, 2.75) is 50.5 Å². The van der Waals surface area contributed by atoms with Crippen LogP contribution in [0.15, 0.2) is 44.5 Å². The van der Waals surface area contributed by atoms with E-state index in [1.54, 1.807) is 18.3 Å². The number of unbranched alkanes of at least 4 members (excludes halogenated alkanes) is 2. The van der Waals surface area contributed by atoms with E-state index >= 15 is 0 Å². The van der Waals surface area contributed by atoms with Crippen LogP contribution in [0.4, 0.5) is 5.95 Å².